The number of hydrogen-bond acceptors (Lipinski definition) is 0. The molecule has 0 fully saturated rings. The van der Waals surface area contributed by atoms with Gasteiger partial charge in [-0.15, -0.1) is 0 Å². The fourth-order valence-corrected chi connectivity index (χ4v) is 2.88. The Morgan fingerprint density at radius 1 is 0.654 bits per heavy atom. The number of hydrogen-bond donors (Lipinski definition) is 0. The summed E-state index contributed by atoms with van der Waals surface area (Å²) in [5.41, 5.74) is 2.72. The Morgan fingerprint density at radius 2 is 1.23 bits per heavy atom. The predicted octanol–water partition coefficient (Wildman–Crippen LogP) is 6.92. The number of halogens is 4. The van der Waals surface area contributed by atoms with Crippen LogP contribution in [0.1, 0.15) is 25.3 Å². The van der Waals surface area contributed by atoms with Crippen molar-refractivity contribution in [1.82, 2.24) is 0 Å². The molecule has 0 unspecified atom stereocenters. The molecule has 0 spiro atoms. The summed E-state index contributed by atoms with van der Waals surface area (Å²) < 4.78 is 54.4. The van der Waals surface area contributed by atoms with Crippen LogP contribution in [0.2, 0.25) is 0 Å². The lowest BCUT2D eigenvalue weighted by Crippen LogP contribution is -1.94. The van der Waals surface area contributed by atoms with Gasteiger partial charge in [-0.25, -0.2) is 17.6 Å². The maximum absolute atomic E-state index is 14.5. The molecule has 0 radical (unpaired) electrons. The molecule has 0 bridgehead atoms. The average Bonchev–Trinajstić information content (AvgIpc) is 2.64. The topological polar surface area (TPSA) is 0 Å². The van der Waals surface area contributed by atoms with E-state index in [1.54, 1.807) is 6.07 Å². The maximum atomic E-state index is 14.5. The molecule has 0 N–H and O–H groups in total. The van der Waals surface area contributed by atoms with Gasteiger partial charge in [0, 0.05) is 5.56 Å². The first-order chi connectivity index (χ1) is 12.5. The molecule has 4 heteroatoms. The van der Waals surface area contributed by atoms with Crippen LogP contribution in [0.15, 0.2) is 54.6 Å². The molecule has 0 aliphatic carbocycles. The minimum Gasteiger partial charge on any atom is -0.206 e. The summed E-state index contributed by atoms with van der Waals surface area (Å²) >= 11 is 0. The van der Waals surface area contributed by atoms with E-state index in [9.17, 15) is 17.6 Å². The lowest BCUT2D eigenvalue weighted by atomic mass is 9.98. The van der Waals surface area contributed by atoms with E-state index in [1.807, 2.05) is 24.3 Å². The van der Waals surface area contributed by atoms with Crippen LogP contribution in [0.4, 0.5) is 17.6 Å². The van der Waals surface area contributed by atoms with Gasteiger partial charge in [0.25, 0.3) is 0 Å². The molecule has 0 amide bonds. The molecule has 3 aromatic carbocycles. The fourth-order valence-electron chi connectivity index (χ4n) is 2.88. The summed E-state index contributed by atoms with van der Waals surface area (Å²) in [6.45, 7) is 2.14. The summed E-state index contributed by atoms with van der Waals surface area (Å²) in [7, 11) is 0. The van der Waals surface area contributed by atoms with Crippen LogP contribution in [0.3, 0.4) is 0 Å². The summed E-state index contributed by atoms with van der Waals surface area (Å²) in [5.74, 6) is -4.87. The maximum Gasteiger partial charge on any atom is 0.194 e. The molecular formula is C22H18F4. The molecule has 0 aliphatic heterocycles. The summed E-state index contributed by atoms with van der Waals surface area (Å²) in [5, 5.41) is 0. The number of unbranched alkanes of at least 4 members (excludes halogenated alkanes) is 1. The highest BCUT2D eigenvalue weighted by molar-refractivity contribution is 5.71. The highest BCUT2D eigenvalue weighted by Crippen LogP contribution is 2.30. The third-order valence-electron chi connectivity index (χ3n) is 4.37. The van der Waals surface area contributed by atoms with Crippen molar-refractivity contribution in [2.24, 2.45) is 0 Å². The van der Waals surface area contributed by atoms with E-state index >= 15 is 0 Å². The molecule has 134 valence electrons. The third kappa shape index (κ3) is 3.79. The second-order valence-electron chi connectivity index (χ2n) is 6.25. The molecule has 3 rings (SSSR count). The van der Waals surface area contributed by atoms with Crippen molar-refractivity contribution in [3.05, 3.63) is 83.4 Å². The van der Waals surface area contributed by atoms with Gasteiger partial charge < -0.3 is 0 Å². The Morgan fingerprint density at radius 3 is 1.81 bits per heavy atom. The first kappa shape index (κ1) is 18.2. The smallest absolute Gasteiger partial charge is 0.194 e. The van der Waals surface area contributed by atoms with E-state index in [4.69, 9.17) is 0 Å². The van der Waals surface area contributed by atoms with Gasteiger partial charge in [-0.1, -0.05) is 49.7 Å². The Hall–Kier alpha value is -2.62. The Labute approximate surface area is 150 Å². The zero-order valence-corrected chi connectivity index (χ0v) is 14.3. The Bertz CT molecular complexity index is 891. The van der Waals surface area contributed by atoms with Crippen LogP contribution in [0.25, 0.3) is 22.3 Å². The number of rotatable bonds is 5. The first-order valence-electron chi connectivity index (χ1n) is 8.53. The van der Waals surface area contributed by atoms with Gasteiger partial charge in [0.1, 0.15) is 5.82 Å². The van der Waals surface area contributed by atoms with Crippen molar-refractivity contribution in [3.63, 3.8) is 0 Å². The molecule has 3 aromatic rings. The third-order valence-corrected chi connectivity index (χ3v) is 4.37. The monoisotopic (exact) mass is 358 g/mol. The van der Waals surface area contributed by atoms with E-state index in [1.165, 1.54) is 17.7 Å². The zero-order chi connectivity index (χ0) is 18.7. The molecule has 0 heterocycles. The molecule has 0 aromatic heterocycles. The summed E-state index contributed by atoms with van der Waals surface area (Å²) in [6.07, 6.45) is 3.25. The standard InChI is InChI=1S/C22H18F4/c1-2-3-4-14-5-7-15(8-6-14)16-9-10-18(19(23)11-16)17-12-20(24)22(26)21(25)13-17/h5-13H,2-4H2,1H3. The fraction of sp³-hybridized carbons (Fsp3) is 0.182. The van der Waals surface area contributed by atoms with Crippen LogP contribution < -0.4 is 0 Å². The van der Waals surface area contributed by atoms with Crippen LogP contribution in [0, 0.1) is 23.3 Å². The molecule has 0 nitrogen and oxygen atoms in total. The molecule has 0 saturated carbocycles. The van der Waals surface area contributed by atoms with Gasteiger partial charge in [-0.2, -0.15) is 0 Å². The van der Waals surface area contributed by atoms with Crippen LogP contribution in [0.5, 0.6) is 0 Å². The molecule has 0 atom stereocenters. The van der Waals surface area contributed by atoms with E-state index in [-0.39, 0.29) is 11.1 Å². The first-order valence-corrected chi connectivity index (χ1v) is 8.53. The van der Waals surface area contributed by atoms with Crippen molar-refractivity contribution < 1.29 is 17.6 Å². The van der Waals surface area contributed by atoms with E-state index in [0.29, 0.717) is 5.56 Å². The van der Waals surface area contributed by atoms with Crippen LogP contribution in [-0.4, -0.2) is 0 Å². The molecule has 0 saturated heterocycles. The van der Waals surface area contributed by atoms with Crippen molar-refractivity contribution in [2.75, 3.05) is 0 Å². The lowest BCUT2D eigenvalue weighted by Gasteiger charge is -2.09. The summed E-state index contributed by atoms with van der Waals surface area (Å²) in [6, 6.07) is 13.9. The highest BCUT2D eigenvalue weighted by atomic mass is 19.2. The second kappa shape index (κ2) is 7.73. The van der Waals surface area contributed by atoms with Gasteiger partial charge in [0.15, 0.2) is 17.5 Å². The van der Waals surface area contributed by atoms with Crippen molar-refractivity contribution in [2.45, 2.75) is 26.2 Å². The zero-order valence-electron chi connectivity index (χ0n) is 14.3. The molecule has 26 heavy (non-hydrogen) atoms. The van der Waals surface area contributed by atoms with Gasteiger partial charge in [-0.3, -0.25) is 0 Å². The van der Waals surface area contributed by atoms with Gasteiger partial charge in [0.05, 0.1) is 0 Å². The number of benzene rings is 3. The van der Waals surface area contributed by atoms with Crippen LogP contribution >= 0.6 is 0 Å². The molecular weight excluding hydrogens is 340 g/mol. The minimum absolute atomic E-state index is 0.0196. The minimum atomic E-state index is -1.56. The van der Waals surface area contributed by atoms with Gasteiger partial charge in [0.2, 0.25) is 0 Å². The quantitative estimate of drug-likeness (QED) is 0.343. The van der Waals surface area contributed by atoms with Gasteiger partial charge >= 0.3 is 0 Å². The Balaban J connectivity index is 1.90. The van der Waals surface area contributed by atoms with Crippen molar-refractivity contribution in [1.29, 1.82) is 0 Å². The van der Waals surface area contributed by atoms with E-state index < -0.39 is 23.3 Å². The Kier molecular flexibility index (Phi) is 5.40. The lowest BCUT2D eigenvalue weighted by molar-refractivity contribution is 0.447. The SMILES string of the molecule is CCCCc1ccc(-c2ccc(-c3cc(F)c(F)c(F)c3)c(F)c2)cc1. The highest BCUT2D eigenvalue weighted by Gasteiger charge is 2.14. The van der Waals surface area contributed by atoms with Crippen molar-refractivity contribution >= 4 is 0 Å². The molecule has 0 aliphatic rings. The van der Waals surface area contributed by atoms with Crippen LogP contribution in [-0.2, 0) is 6.42 Å². The normalized spacial score (nSPS) is 11.0. The van der Waals surface area contributed by atoms with E-state index in [2.05, 4.69) is 6.92 Å². The largest absolute Gasteiger partial charge is 0.206 e. The number of aryl methyl sites for hydroxylation is 1. The predicted molar refractivity (Wildman–Crippen MR) is 95.8 cm³/mol. The van der Waals surface area contributed by atoms with Crippen molar-refractivity contribution in [3.8, 4) is 22.3 Å². The van der Waals surface area contributed by atoms with E-state index in [0.717, 1.165) is 37.0 Å². The summed E-state index contributed by atoms with van der Waals surface area (Å²) in [4.78, 5) is 0. The second-order valence-corrected chi connectivity index (χ2v) is 6.25. The van der Waals surface area contributed by atoms with Gasteiger partial charge in [-0.05, 0) is 53.3 Å². The average molecular weight is 358 g/mol.